The Labute approximate surface area is 134 Å². The lowest BCUT2D eigenvalue weighted by atomic mass is 10.3. The zero-order chi connectivity index (χ0) is 16.2. The molecular formula is C17H17N5O. The maximum atomic E-state index is 5.74. The minimum atomic E-state index is 0.342. The van der Waals surface area contributed by atoms with Gasteiger partial charge >= 0.3 is 6.01 Å². The smallest absolute Gasteiger partial charge is 0.322 e. The fourth-order valence-corrected chi connectivity index (χ4v) is 2.10. The molecule has 0 fully saturated rings. The van der Waals surface area contributed by atoms with E-state index in [1.807, 2.05) is 63.2 Å². The SMILES string of the molecule is Cc1ccc(Nc2cccc(Oc3nc(C)cc(C)n3)c2)nn1. The van der Waals surface area contributed by atoms with Gasteiger partial charge in [0.25, 0.3) is 0 Å². The van der Waals surface area contributed by atoms with Crippen molar-refractivity contribution in [2.75, 3.05) is 5.32 Å². The molecule has 3 aromatic rings. The van der Waals surface area contributed by atoms with E-state index in [-0.39, 0.29) is 0 Å². The van der Waals surface area contributed by atoms with E-state index < -0.39 is 0 Å². The molecule has 1 aromatic carbocycles. The van der Waals surface area contributed by atoms with E-state index in [1.165, 1.54) is 0 Å². The van der Waals surface area contributed by atoms with Crippen molar-refractivity contribution in [2.24, 2.45) is 0 Å². The second kappa shape index (κ2) is 6.39. The molecule has 0 amide bonds. The summed E-state index contributed by atoms with van der Waals surface area (Å²) in [6.45, 7) is 5.72. The fraction of sp³-hybridized carbons (Fsp3) is 0.176. The van der Waals surface area contributed by atoms with Gasteiger partial charge in [0.1, 0.15) is 5.75 Å². The summed E-state index contributed by atoms with van der Waals surface area (Å²) >= 11 is 0. The maximum Gasteiger partial charge on any atom is 0.322 e. The van der Waals surface area contributed by atoms with Gasteiger partial charge in [0.15, 0.2) is 5.82 Å². The summed E-state index contributed by atoms with van der Waals surface area (Å²) in [4.78, 5) is 8.55. The molecule has 23 heavy (non-hydrogen) atoms. The predicted molar refractivity (Wildman–Crippen MR) is 88.1 cm³/mol. The number of benzene rings is 1. The topological polar surface area (TPSA) is 72.8 Å². The number of hydrogen-bond donors (Lipinski definition) is 1. The van der Waals surface area contributed by atoms with E-state index in [2.05, 4.69) is 25.5 Å². The van der Waals surface area contributed by atoms with Crippen molar-refractivity contribution in [2.45, 2.75) is 20.8 Å². The summed E-state index contributed by atoms with van der Waals surface area (Å²) in [6.07, 6.45) is 0. The zero-order valence-corrected chi connectivity index (χ0v) is 13.2. The van der Waals surface area contributed by atoms with Gasteiger partial charge in [-0.1, -0.05) is 6.07 Å². The zero-order valence-electron chi connectivity index (χ0n) is 13.2. The third-order valence-corrected chi connectivity index (χ3v) is 3.08. The fourth-order valence-electron chi connectivity index (χ4n) is 2.10. The molecule has 0 saturated carbocycles. The summed E-state index contributed by atoms with van der Waals surface area (Å²) in [5.41, 5.74) is 3.47. The third-order valence-electron chi connectivity index (χ3n) is 3.08. The normalized spacial score (nSPS) is 10.4. The van der Waals surface area contributed by atoms with Crippen LogP contribution in [0.25, 0.3) is 0 Å². The first-order valence-electron chi connectivity index (χ1n) is 7.26. The molecule has 0 saturated heterocycles. The van der Waals surface area contributed by atoms with Gasteiger partial charge in [-0.3, -0.25) is 0 Å². The van der Waals surface area contributed by atoms with E-state index in [1.54, 1.807) is 0 Å². The van der Waals surface area contributed by atoms with Crippen LogP contribution in [-0.2, 0) is 0 Å². The molecule has 0 bridgehead atoms. The Morgan fingerprint density at radius 1 is 0.826 bits per heavy atom. The molecule has 2 heterocycles. The van der Waals surface area contributed by atoms with Gasteiger partial charge in [-0.15, -0.1) is 5.10 Å². The third kappa shape index (κ3) is 4.00. The minimum absolute atomic E-state index is 0.342. The Bertz CT molecular complexity index is 797. The highest BCUT2D eigenvalue weighted by Gasteiger charge is 2.04. The van der Waals surface area contributed by atoms with E-state index in [0.29, 0.717) is 17.6 Å². The standard InChI is InChI=1S/C17H17N5O/c1-11-7-8-16(22-21-11)20-14-5-4-6-15(10-14)23-17-18-12(2)9-13(3)19-17/h4-10H,1-3H3,(H,20,22). The summed E-state index contributed by atoms with van der Waals surface area (Å²) in [6, 6.07) is 13.6. The van der Waals surface area contributed by atoms with Crippen LogP contribution in [0.3, 0.4) is 0 Å². The van der Waals surface area contributed by atoms with Crippen LogP contribution in [0.15, 0.2) is 42.5 Å². The van der Waals surface area contributed by atoms with Crippen molar-refractivity contribution in [3.8, 4) is 11.8 Å². The van der Waals surface area contributed by atoms with Gasteiger partial charge in [0.2, 0.25) is 0 Å². The van der Waals surface area contributed by atoms with Crippen LogP contribution in [0.2, 0.25) is 0 Å². The quantitative estimate of drug-likeness (QED) is 0.792. The van der Waals surface area contributed by atoms with Crippen molar-refractivity contribution in [3.05, 3.63) is 59.5 Å². The molecule has 2 aromatic heterocycles. The van der Waals surface area contributed by atoms with Gasteiger partial charge in [-0.25, -0.2) is 9.97 Å². The lowest BCUT2D eigenvalue weighted by Gasteiger charge is -2.08. The van der Waals surface area contributed by atoms with Crippen molar-refractivity contribution in [1.29, 1.82) is 0 Å². The first kappa shape index (κ1) is 14.9. The number of nitrogens with one attached hydrogen (secondary N) is 1. The lowest BCUT2D eigenvalue weighted by Crippen LogP contribution is -1.98. The number of hydrogen-bond acceptors (Lipinski definition) is 6. The molecule has 3 rings (SSSR count). The molecular weight excluding hydrogens is 290 g/mol. The Hall–Kier alpha value is -3.02. The van der Waals surface area contributed by atoms with Gasteiger partial charge < -0.3 is 10.1 Å². The molecule has 116 valence electrons. The monoisotopic (exact) mass is 307 g/mol. The number of aryl methyl sites for hydroxylation is 3. The Morgan fingerprint density at radius 2 is 1.61 bits per heavy atom. The molecule has 0 radical (unpaired) electrons. The molecule has 0 atom stereocenters. The summed E-state index contributed by atoms with van der Waals surface area (Å²) < 4.78 is 5.74. The highest BCUT2D eigenvalue weighted by atomic mass is 16.5. The second-order valence-electron chi connectivity index (χ2n) is 5.25. The lowest BCUT2D eigenvalue weighted by molar-refractivity contribution is 0.439. The minimum Gasteiger partial charge on any atom is -0.424 e. The van der Waals surface area contributed by atoms with E-state index in [9.17, 15) is 0 Å². The molecule has 0 spiro atoms. The van der Waals surface area contributed by atoms with E-state index in [0.717, 1.165) is 22.8 Å². The second-order valence-corrected chi connectivity index (χ2v) is 5.25. The Kier molecular flexibility index (Phi) is 4.14. The largest absolute Gasteiger partial charge is 0.424 e. The van der Waals surface area contributed by atoms with Crippen molar-refractivity contribution in [1.82, 2.24) is 20.2 Å². The molecule has 1 N–H and O–H groups in total. The van der Waals surface area contributed by atoms with Crippen LogP contribution in [0.4, 0.5) is 11.5 Å². The number of nitrogens with zero attached hydrogens (tertiary/aromatic N) is 4. The van der Waals surface area contributed by atoms with Crippen LogP contribution in [0.1, 0.15) is 17.1 Å². The Morgan fingerprint density at radius 3 is 2.30 bits per heavy atom. The van der Waals surface area contributed by atoms with Crippen LogP contribution in [0, 0.1) is 20.8 Å². The van der Waals surface area contributed by atoms with E-state index >= 15 is 0 Å². The first-order valence-corrected chi connectivity index (χ1v) is 7.26. The van der Waals surface area contributed by atoms with Crippen LogP contribution in [-0.4, -0.2) is 20.2 Å². The summed E-state index contributed by atoms with van der Waals surface area (Å²) in [5, 5.41) is 11.3. The van der Waals surface area contributed by atoms with Crippen molar-refractivity contribution >= 4 is 11.5 Å². The highest BCUT2D eigenvalue weighted by molar-refractivity contribution is 5.57. The van der Waals surface area contributed by atoms with Crippen LogP contribution in [0.5, 0.6) is 11.8 Å². The van der Waals surface area contributed by atoms with Crippen LogP contribution < -0.4 is 10.1 Å². The van der Waals surface area contributed by atoms with Gasteiger partial charge in [0.05, 0.1) is 5.69 Å². The molecule has 0 aliphatic carbocycles. The van der Waals surface area contributed by atoms with Gasteiger partial charge in [-0.2, -0.15) is 5.10 Å². The average molecular weight is 307 g/mol. The number of ether oxygens (including phenoxy) is 1. The van der Waals surface area contributed by atoms with Gasteiger partial charge in [0, 0.05) is 23.1 Å². The predicted octanol–water partition coefficient (Wildman–Crippen LogP) is 3.73. The maximum absolute atomic E-state index is 5.74. The molecule has 0 aliphatic heterocycles. The van der Waals surface area contributed by atoms with E-state index in [4.69, 9.17) is 4.74 Å². The number of anilines is 2. The molecule has 0 aliphatic rings. The van der Waals surface area contributed by atoms with Crippen LogP contribution >= 0.6 is 0 Å². The first-order chi connectivity index (χ1) is 11.1. The number of rotatable bonds is 4. The summed E-state index contributed by atoms with van der Waals surface area (Å²) in [5.74, 6) is 1.33. The number of aromatic nitrogens is 4. The average Bonchev–Trinajstić information content (AvgIpc) is 2.49. The summed E-state index contributed by atoms with van der Waals surface area (Å²) in [7, 11) is 0. The molecule has 6 nitrogen and oxygen atoms in total. The highest BCUT2D eigenvalue weighted by Crippen LogP contribution is 2.23. The van der Waals surface area contributed by atoms with Crippen molar-refractivity contribution in [3.63, 3.8) is 0 Å². The molecule has 0 unspecified atom stereocenters. The van der Waals surface area contributed by atoms with Crippen molar-refractivity contribution < 1.29 is 4.74 Å². The molecule has 6 heteroatoms. The Balaban J connectivity index is 1.78. The van der Waals surface area contributed by atoms with Gasteiger partial charge in [-0.05, 0) is 51.1 Å².